The van der Waals surface area contributed by atoms with Crippen molar-refractivity contribution in [2.75, 3.05) is 65.8 Å². The molecule has 7 rings (SSSR count). The van der Waals surface area contributed by atoms with Gasteiger partial charge in [0.25, 0.3) is 17.7 Å². The third kappa shape index (κ3) is 16.3. The summed E-state index contributed by atoms with van der Waals surface area (Å²) in [6.45, 7) is 8.52. The van der Waals surface area contributed by atoms with E-state index in [0.29, 0.717) is 57.8 Å². The first kappa shape index (κ1) is 64.9. The number of alkyl carbamates (subject to hydrolysis) is 1. The Labute approximate surface area is 477 Å². The first-order chi connectivity index (χ1) is 38.9. The molecule has 3 heterocycles. The molecule has 3 aromatic heterocycles. The number of carbonyl (C=O) groups is 4. The second kappa shape index (κ2) is 28.3. The molecular weight excluding hydrogens is 1070 g/mol. The predicted molar refractivity (Wildman–Crippen MR) is 301 cm³/mol. The van der Waals surface area contributed by atoms with Gasteiger partial charge < -0.3 is 84.6 Å². The van der Waals surface area contributed by atoms with Crippen LogP contribution in [0.1, 0.15) is 150 Å². The zero-order chi connectivity index (χ0) is 60.0. The van der Waals surface area contributed by atoms with E-state index >= 15 is 0 Å². The van der Waals surface area contributed by atoms with Crippen molar-refractivity contribution in [3.8, 4) is 17.2 Å². The Kier molecular flexibility index (Phi) is 22.4. The van der Waals surface area contributed by atoms with Crippen LogP contribution in [0, 0.1) is 21.7 Å². The minimum Gasteiger partial charge on any atom is -0.487 e. The molecule has 0 spiro atoms. The van der Waals surface area contributed by atoms with E-state index in [9.17, 15) is 64.2 Å². The number of nitrogens with zero attached hydrogens (tertiary/aromatic N) is 3. The average Bonchev–Trinajstić information content (AvgIpc) is 3.48. The lowest BCUT2D eigenvalue weighted by molar-refractivity contribution is -0.194. The molecule has 456 valence electrons. The third-order valence-electron chi connectivity index (χ3n) is 15.5. The molecule has 4 aliphatic rings. The number of rotatable bonds is 32. The number of pyridine rings is 3. The lowest BCUT2D eigenvalue weighted by Gasteiger charge is -2.71. The van der Waals surface area contributed by atoms with Crippen LogP contribution in [-0.2, 0) is 24.4 Å². The van der Waals surface area contributed by atoms with Crippen molar-refractivity contribution < 1.29 is 68.8 Å². The minimum absolute atomic E-state index is 0.0507. The number of hydrogen-bond donors (Lipinski definition) is 10. The molecule has 4 bridgehead atoms. The van der Waals surface area contributed by atoms with Crippen LogP contribution in [0.2, 0.25) is 0 Å². The number of unbranched alkanes of at least 4 members (excludes halogenated alkanes) is 3. The Morgan fingerprint density at radius 3 is 1.01 bits per heavy atom. The van der Waals surface area contributed by atoms with Crippen molar-refractivity contribution in [3.63, 3.8) is 0 Å². The Hall–Kier alpha value is -6.31. The normalized spacial score (nSPS) is 22.0. The van der Waals surface area contributed by atoms with Crippen molar-refractivity contribution in [2.45, 2.75) is 162 Å². The smallest absolute Gasteiger partial charge is 0.407 e. The number of hydrogen-bond acceptors (Lipinski definition) is 17. The maximum atomic E-state index is 14.9. The molecule has 3 unspecified atom stereocenters. The molecule has 24 heteroatoms. The van der Waals surface area contributed by atoms with Crippen LogP contribution in [0.15, 0.2) is 51.2 Å². The Morgan fingerprint density at radius 1 is 0.500 bits per heavy atom. The highest BCUT2D eigenvalue weighted by Crippen LogP contribution is 2.73. The van der Waals surface area contributed by atoms with E-state index in [2.05, 4.69) is 21.3 Å². The molecule has 0 radical (unpaired) electrons. The number of ether oxygens (including phenoxy) is 4. The van der Waals surface area contributed by atoms with Crippen molar-refractivity contribution in [3.05, 3.63) is 84.5 Å². The maximum Gasteiger partial charge on any atom is 0.407 e. The van der Waals surface area contributed by atoms with Crippen LogP contribution in [-0.4, -0.2) is 158 Å². The van der Waals surface area contributed by atoms with E-state index in [1.165, 1.54) is 50.5 Å². The van der Waals surface area contributed by atoms with Gasteiger partial charge in [0.05, 0.1) is 77.6 Å². The molecule has 0 aromatic carbocycles. The van der Waals surface area contributed by atoms with Crippen LogP contribution in [0.5, 0.6) is 17.2 Å². The summed E-state index contributed by atoms with van der Waals surface area (Å²) in [5, 5.41) is 73.7. The molecule has 24 nitrogen and oxygen atoms in total. The van der Waals surface area contributed by atoms with E-state index in [-0.39, 0.29) is 100.0 Å². The molecule has 3 aromatic rings. The van der Waals surface area contributed by atoms with Crippen molar-refractivity contribution in [1.29, 1.82) is 0 Å². The fourth-order valence-corrected chi connectivity index (χ4v) is 13.0. The van der Waals surface area contributed by atoms with E-state index in [0.717, 1.165) is 19.3 Å². The highest BCUT2D eigenvalue weighted by atomic mass is 16.6. The summed E-state index contributed by atoms with van der Waals surface area (Å²) < 4.78 is 27.7. The van der Waals surface area contributed by atoms with Crippen LogP contribution >= 0.6 is 0 Å². The van der Waals surface area contributed by atoms with Crippen molar-refractivity contribution >= 4 is 23.8 Å². The molecule has 82 heavy (non-hydrogen) atoms. The average molecular weight is 1150 g/mol. The summed E-state index contributed by atoms with van der Waals surface area (Å²) in [6.07, 6.45) is 5.51. The van der Waals surface area contributed by atoms with Gasteiger partial charge in [-0.25, -0.2) is 4.79 Å². The highest BCUT2D eigenvalue weighted by molar-refractivity contribution is 5.96. The molecule has 0 saturated heterocycles. The molecule has 3 atom stereocenters. The van der Waals surface area contributed by atoms with Gasteiger partial charge in [-0.1, -0.05) is 40.0 Å². The lowest BCUT2D eigenvalue weighted by atomic mass is 9.35. The Balaban J connectivity index is 1.49. The fourth-order valence-electron chi connectivity index (χ4n) is 13.0. The van der Waals surface area contributed by atoms with E-state index in [4.69, 9.17) is 18.9 Å². The van der Waals surface area contributed by atoms with E-state index < -0.39 is 105 Å². The summed E-state index contributed by atoms with van der Waals surface area (Å²) in [7, 11) is 0. The van der Waals surface area contributed by atoms with Crippen LogP contribution in [0.4, 0.5) is 4.79 Å². The molecule has 10 N–H and O–H groups in total. The number of aliphatic hydroxyl groups excluding tert-OH is 6. The molecule has 0 aliphatic heterocycles. The fraction of sp³-hybridized carbons (Fsp3) is 0.672. The maximum absolute atomic E-state index is 14.9. The summed E-state index contributed by atoms with van der Waals surface area (Å²) >= 11 is 0. The van der Waals surface area contributed by atoms with Crippen LogP contribution in [0.25, 0.3) is 0 Å². The Morgan fingerprint density at radius 2 is 0.768 bits per heavy atom. The molecular formula is C58H87N7O17. The highest BCUT2D eigenvalue weighted by Gasteiger charge is 2.68. The van der Waals surface area contributed by atoms with Gasteiger partial charge in [0.2, 0.25) is 16.3 Å². The van der Waals surface area contributed by atoms with Gasteiger partial charge in [-0.3, -0.25) is 28.8 Å². The standard InChI is InChI=1S/C58H87N7O17/c1-7-10-19-79-47-41(72)13-16-63(22-38(69)25-66)44(47)50(75)59-34-55-28-56(35-60-51(76)45-48(80-20-11-8-2)42(73)14-17-64(45)23-39(70)26-67)30-57(29-55,33-58(31-55,32-56)37-62-53(78)82-54(4,5)6)36-61-52(77)46-49(81-21-12-9-3)43(74)15-18-65(46)24-40(71)27-68/h13-18,38-40,66-71H,7-12,19-37H2,1-6H3,(H,59,75)(H,60,76)(H,61,77)(H,62,78). The van der Waals surface area contributed by atoms with Gasteiger partial charge in [-0.05, 0) is 100 Å². The zero-order valence-electron chi connectivity index (χ0n) is 48.4. The topological polar surface area (TPSA) is 341 Å². The van der Waals surface area contributed by atoms with E-state index in [1.54, 1.807) is 20.8 Å². The summed E-state index contributed by atoms with van der Waals surface area (Å²) in [6, 6.07) is 3.64. The molecule has 4 fully saturated rings. The number of amides is 4. The number of nitrogens with one attached hydrogen (secondary N) is 4. The quantitative estimate of drug-likeness (QED) is 0.0401. The second-order valence-corrected chi connectivity index (χ2v) is 24.1. The van der Waals surface area contributed by atoms with Crippen molar-refractivity contribution in [1.82, 2.24) is 35.0 Å². The number of aromatic nitrogens is 3. The molecule has 4 saturated carbocycles. The first-order valence-corrected chi connectivity index (χ1v) is 28.7. The third-order valence-corrected chi connectivity index (χ3v) is 15.5. The van der Waals surface area contributed by atoms with Gasteiger partial charge in [0.15, 0.2) is 34.3 Å². The van der Waals surface area contributed by atoms with Gasteiger partial charge in [-0.2, -0.15) is 0 Å². The van der Waals surface area contributed by atoms with Gasteiger partial charge in [0, 0.05) is 63.0 Å². The minimum atomic E-state index is -1.31. The largest absolute Gasteiger partial charge is 0.487 e. The zero-order valence-corrected chi connectivity index (χ0v) is 48.4. The van der Waals surface area contributed by atoms with Gasteiger partial charge >= 0.3 is 6.09 Å². The number of aliphatic hydroxyl groups is 6. The van der Waals surface area contributed by atoms with Gasteiger partial charge in [-0.15, -0.1) is 0 Å². The molecule has 4 amide bonds. The second-order valence-electron chi connectivity index (χ2n) is 24.1. The summed E-state index contributed by atoms with van der Waals surface area (Å²) in [5.74, 6) is -2.89. The van der Waals surface area contributed by atoms with Crippen molar-refractivity contribution in [2.24, 2.45) is 21.7 Å². The number of carbonyl (C=O) groups excluding carboxylic acids is 4. The van der Waals surface area contributed by atoms with Gasteiger partial charge in [0.1, 0.15) is 5.60 Å². The predicted octanol–water partition coefficient (Wildman–Crippen LogP) is 2.21. The Bertz CT molecular complexity index is 2590. The molecule has 4 aliphatic carbocycles. The first-order valence-electron chi connectivity index (χ1n) is 28.7. The SMILES string of the molecule is CCCCOc1c(C(=O)NCC23CC4(CNC(=O)OC(C)(C)C)CC(CNC(=O)c5c(OCCCC)c(=O)ccn5CC(O)CO)(C2)CC(CNC(=O)c2c(OCCCC)c(=O)ccn2CC(O)CO)(C4)C3)n(CC(O)CO)ccc1=O. The summed E-state index contributed by atoms with van der Waals surface area (Å²) in [4.78, 5) is 98.9. The van der Waals surface area contributed by atoms with E-state index in [1.807, 2.05) is 20.8 Å². The monoisotopic (exact) mass is 1150 g/mol. The van der Waals surface area contributed by atoms with Crippen LogP contribution < -0.4 is 51.8 Å². The van der Waals surface area contributed by atoms with Crippen LogP contribution in [0.3, 0.4) is 0 Å². The lowest BCUT2D eigenvalue weighted by Crippen LogP contribution is -2.68. The summed E-state index contributed by atoms with van der Waals surface area (Å²) in [5.41, 5.74) is -6.66.